The van der Waals surface area contributed by atoms with Crippen molar-refractivity contribution in [2.45, 2.75) is 47.6 Å². The zero-order chi connectivity index (χ0) is 27.1. The van der Waals surface area contributed by atoms with Crippen LogP contribution in [0, 0.1) is 25.2 Å². The molecule has 0 spiro atoms. The van der Waals surface area contributed by atoms with Gasteiger partial charge in [0.2, 0.25) is 10.0 Å². The van der Waals surface area contributed by atoms with Gasteiger partial charge in [0.15, 0.2) is 5.11 Å². The third kappa shape index (κ3) is 10.1. The molecule has 10 heteroatoms. The number of hydrogen-bond acceptors (Lipinski definition) is 6. The fourth-order valence-electron chi connectivity index (χ4n) is 3.32. The molecule has 0 amide bonds. The van der Waals surface area contributed by atoms with Crippen molar-refractivity contribution in [3.8, 4) is 0 Å². The topological polar surface area (TPSA) is 108 Å². The van der Waals surface area contributed by atoms with Crippen LogP contribution < -0.4 is 10.0 Å². The van der Waals surface area contributed by atoms with Crippen molar-refractivity contribution < 1.29 is 23.2 Å². The molecule has 0 fully saturated rings. The third-order valence-corrected chi connectivity index (χ3v) is 6.49. The molecule has 0 saturated carbocycles. The average molecular weight is 536 g/mol. The lowest BCUT2D eigenvalue weighted by Crippen LogP contribution is -2.41. The molecule has 0 aromatic heterocycles. The van der Waals surface area contributed by atoms with Crippen molar-refractivity contribution in [2.75, 3.05) is 24.1 Å². The molecule has 0 radical (unpaired) electrons. The van der Waals surface area contributed by atoms with Crippen molar-refractivity contribution in [3.05, 3.63) is 64.7 Å². The highest BCUT2D eigenvalue weighted by atomic mass is 32.2. The molecule has 198 valence electrons. The largest absolute Gasteiger partial charge is 0.465 e. The first-order valence-corrected chi connectivity index (χ1v) is 14.0. The minimum atomic E-state index is -3.36. The van der Waals surface area contributed by atoms with Crippen LogP contribution in [0.1, 0.15) is 43.0 Å². The van der Waals surface area contributed by atoms with Gasteiger partial charge < -0.3 is 10.1 Å². The van der Waals surface area contributed by atoms with Crippen LogP contribution in [0.15, 0.2) is 42.5 Å². The number of hydrogen-bond donors (Lipinski definition) is 3. The van der Waals surface area contributed by atoms with E-state index in [4.69, 9.17) is 17.0 Å². The number of ether oxygens (including phenoxy) is 1. The number of esters is 1. The molecule has 1 atom stereocenters. The second-order valence-electron chi connectivity index (χ2n) is 10.2. The van der Waals surface area contributed by atoms with E-state index in [-0.39, 0.29) is 30.2 Å². The zero-order valence-electron chi connectivity index (χ0n) is 21.8. The van der Waals surface area contributed by atoms with E-state index in [0.717, 1.165) is 22.4 Å². The van der Waals surface area contributed by atoms with Crippen LogP contribution in [-0.4, -0.2) is 49.2 Å². The summed E-state index contributed by atoms with van der Waals surface area (Å²) < 4.78 is 30.7. The standard InChI is InChI=1S/C26H37N3O5S2/c1-18-7-8-21(13-19(18)2)14-22(17-34-24(30)26(3,4)5)15-27-25(35)29(31)16-20-9-11-23(12-10-20)28-36(6,32)33/h7-13,22,28,31H,14-17H2,1-6H3,(H,27,35). The van der Waals surface area contributed by atoms with Gasteiger partial charge in [0, 0.05) is 18.2 Å². The van der Waals surface area contributed by atoms with E-state index < -0.39 is 15.4 Å². The van der Waals surface area contributed by atoms with Crippen molar-refractivity contribution >= 4 is 39.0 Å². The van der Waals surface area contributed by atoms with Gasteiger partial charge in [0.05, 0.1) is 24.8 Å². The summed E-state index contributed by atoms with van der Waals surface area (Å²) in [6, 6.07) is 12.9. The summed E-state index contributed by atoms with van der Waals surface area (Å²) in [6.45, 7) is 10.3. The molecule has 0 bridgehead atoms. The number of aryl methyl sites for hydroxylation is 2. The fraction of sp³-hybridized carbons (Fsp3) is 0.462. The summed E-state index contributed by atoms with van der Waals surface area (Å²) in [7, 11) is -3.36. The van der Waals surface area contributed by atoms with Crippen molar-refractivity contribution in [2.24, 2.45) is 11.3 Å². The number of carbonyl (C=O) groups excluding carboxylic acids is 1. The minimum absolute atomic E-state index is 0.0638. The maximum atomic E-state index is 12.3. The van der Waals surface area contributed by atoms with E-state index in [2.05, 4.69) is 42.1 Å². The molecule has 8 nitrogen and oxygen atoms in total. The Morgan fingerprint density at radius 3 is 2.25 bits per heavy atom. The number of nitrogens with one attached hydrogen (secondary N) is 2. The van der Waals surface area contributed by atoms with E-state index >= 15 is 0 Å². The first-order chi connectivity index (χ1) is 16.6. The lowest BCUT2D eigenvalue weighted by Gasteiger charge is -2.24. The Labute approximate surface area is 220 Å². The average Bonchev–Trinajstić information content (AvgIpc) is 2.77. The van der Waals surface area contributed by atoms with Crippen LogP contribution in [0.5, 0.6) is 0 Å². The van der Waals surface area contributed by atoms with Gasteiger partial charge in [0.1, 0.15) is 0 Å². The number of nitrogens with zero attached hydrogens (tertiary/aromatic N) is 1. The Morgan fingerprint density at radius 2 is 1.69 bits per heavy atom. The van der Waals surface area contributed by atoms with Crippen LogP contribution in [0.3, 0.4) is 0 Å². The van der Waals surface area contributed by atoms with E-state index in [1.807, 2.05) is 20.8 Å². The normalized spacial score (nSPS) is 12.5. The van der Waals surface area contributed by atoms with E-state index in [9.17, 15) is 18.4 Å². The lowest BCUT2D eigenvalue weighted by atomic mass is 9.96. The first kappa shape index (κ1) is 29.5. The van der Waals surface area contributed by atoms with Crippen LogP contribution in [0.25, 0.3) is 0 Å². The molecule has 0 heterocycles. The summed E-state index contributed by atoms with van der Waals surface area (Å²) in [6.07, 6.45) is 1.76. The Hall–Kier alpha value is -2.69. The number of thiocarbonyl (C=S) groups is 1. The summed E-state index contributed by atoms with van der Waals surface area (Å²) in [5, 5.41) is 14.6. The number of carbonyl (C=O) groups is 1. The third-order valence-electron chi connectivity index (χ3n) is 5.52. The number of hydroxylamine groups is 2. The van der Waals surface area contributed by atoms with Crippen LogP contribution >= 0.6 is 12.2 Å². The smallest absolute Gasteiger partial charge is 0.311 e. The molecule has 0 saturated heterocycles. The maximum absolute atomic E-state index is 12.3. The molecule has 0 aliphatic carbocycles. The van der Waals surface area contributed by atoms with E-state index in [1.54, 1.807) is 24.3 Å². The second-order valence-corrected chi connectivity index (χ2v) is 12.3. The molecule has 0 aliphatic heterocycles. The van der Waals surface area contributed by atoms with Gasteiger partial charge in [-0.15, -0.1) is 0 Å². The number of sulfonamides is 1. The Morgan fingerprint density at radius 1 is 1.08 bits per heavy atom. The van der Waals surface area contributed by atoms with Crippen LogP contribution in [0.4, 0.5) is 5.69 Å². The molecule has 0 aliphatic rings. The summed E-state index contributed by atoms with van der Waals surface area (Å²) in [4.78, 5) is 12.3. The van der Waals surface area contributed by atoms with Crippen LogP contribution in [-0.2, 0) is 32.5 Å². The monoisotopic (exact) mass is 535 g/mol. The molecule has 1 unspecified atom stereocenters. The molecule has 36 heavy (non-hydrogen) atoms. The molecular formula is C26H37N3O5S2. The molecule has 2 aromatic carbocycles. The highest BCUT2D eigenvalue weighted by molar-refractivity contribution is 7.92. The Balaban J connectivity index is 1.99. The molecule has 2 aromatic rings. The van der Waals surface area contributed by atoms with Crippen molar-refractivity contribution in [1.82, 2.24) is 10.4 Å². The van der Waals surface area contributed by atoms with Gasteiger partial charge in [-0.2, -0.15) is 0 Å². The second kappa shape index (κ2) is 12.5. The predicted octanol–water partition coefficient (Wildman–Crippen LogP) is 4.19. The molecular weight excluding hydrogens is 498 g/mol. The Bertz CT molecular complexity index is 1160. The predicted molar refractivity (Wildman–Crippen MR) is 146 cm³/mol. The SMILES string of the molecule is Cc1ccc(CC(CNC(=S)N(O)Cc2ccc(NS(C)(=O)=O)cc2)COC(=O)C(C)(C)C)cc1C. The summed E-state index contributed by atoms with van der Waals surface area (Å²) >= 11 is 5.35. The van der Waals surface area contributed by atoms with Crippen molar-refractivity contribution in [1.29, 1.82) is 0 Å². The summed E-state index contributed by atoms with van der Waals surface area (Å²) in [5.74, 6) is -0.334. The highest BCUT2D eigenvalue weighted by Gasteiger charge is 2.24. The van der Waals surface area contributed by atoms with E-state index in [0.29, 0.717) is 18.7 Å². The fourth-order valence-corrected chi connectivity index (χ4v) is 4.04. The van der Waals surface area contributed by atoms with Gasteiger partial charge >= 0.3 is 5.97 Å². The van der Waals surface area contributed by atoms with Gasteiger partial charge in [0.25, 0.3) is 0 Å². The van der Waals surface area contributed by atoms with Gasteiger partial charge in [-0.1, -0.05) is 30.3 Å². The van der Waals surface area contributed by atoms with Gasteiger partial charge in [-0.05, 0) is 87.6 Å². The maximum Gasteiger partial charge on any atom is 0.311 e. The number of anilines is 1. The van der Waals surface area contributed by atoms with Gasteiger partial charge in [-0.25, -0.2) is 13.5 Å². The van der Waals surface area contributed by atoms with Gasteiger partial charge in [-0.3, -0.25) is 14.7 Å². The Kier molecular flexibility index (Phi) is 10.3. The number of rotatable bonds is 10. The zero-order valence-corrected chi connectivity index (χ0v) is 23.4. The molecule has 2 rings (SSSR count). The van der Waals surface area contributed by atoms with Crippen molar-refractivity contribution in [3.63, 3.8) is 0 Å². The molecule has 3 N–H and O–H groups in total. The quantitative estimate of drug-likeness (QED) is 0.236. The first-order valence-electron chi connectivity index (χ1n) is 11.7. The van der Waals surface area contributed by atoms with Crippen LogP contribution in [0.2, 0.25) is 0 Å². The number of benzene rings is 2. The highest BCUT2D eigenvalue weighted by Crippen LogP contribution is 2.18. The van der Waals surface area contributed by atoms with E-state index in [1.165, 1.54) is 11.1 Å². The lowest BCUT2D eigenvalue weighted by molar-refractivity contribution is -0.154. The summed E-state index contributed by atoms with van der Waals surface area (Å²) in [5.41, 5.74) is 4.12. The minimum Gasteiger partial charge on any atom is -0.465 e.